The molecule has 0 aliphatic rings. The third-order valence-electron chi connectivity index (χ3n) is 1.44. The lowest BCUT2D eigenvalue weighted by atomic mass is 10.1. The van der Waals surface area contributed by atoms with E-state index in [0.717, 1.165) is 18.3 Å². The van der Waals surface area contributed by atoms with Crippen molar-refractivity contribution in [1.82, 2.24) is 0 Å². The summed E-state index contributed by atoms with van der Waals surface area (Å²) in [5.74, 6) is -4.00. The fraction of sp³-hybridized carbons (Fsp3) is 0.375. The Morgan fingerprint density at radius 2 is 2.31 bits per heavy atom. The second kappa shape index (κ2) is 3.41. The molecule has 2 nitrogen and oxygen atoms in total. The Bertz CT molecular complexity index is 314. The van der Waals surface area contributed by atoms with Gasteiger partial charge in [-0.3, -0.25) is 0 Å². The number of rotatable bonds is 3. The van der Waals surface area contributed by atoms with Crippen molar-refractivity contribution in [3.8, 4) is 0 Å². The first-order chi connectivity index (χ1) is 5.90. The van der Waals surface area contributed by atoms with E-state index in [2.05, 4.69) is 0 Å². The molecule has 0 bridgehead atoms. The zero-order valence-electron chi connectivity index (χ0n) is 6.88. The minimum absolute atomic E-state index is 0.00141. The molecule has 1 N–H and O–H groups in total. The van der Waals surface area contributed by atoms with Crippen LogP contribution < -0.4 is 0 Å². The van der Waals surface area contributed by atoms with Crippen molar-refractivity contribution in [2.45, 2.75) is 19.3 Å². The van der Waals surface area contributed by atoms with Crippen LogP contribution in [-0.2, 0) is 6.42 Å². The van der Waals surface area contributed by atoms with Crippen molar-refractivity contribution in [3.63, 3.8) is 0 Å². The molecule has 1 heterocycles. The molecule has 0 aromatic carbocycles. The summed E-state index contributed by atoms with van der Waals surface area (Å²) in [6.45, 7) is 0.774. The van der Waals surface area contributed by atoms with Crippen LogP contribution in [0.15, 0.2) is 11.4 Å². The molecule has 1 rings (SSSR count). The van der Waals surface area contributed by atoms with Gasteiger partial charge in [-0.05, 0) is 23.9 Å². The van der Waals surface area contributed by atoms with E-state index < -0.39 is 18.3 Å². The lowest BCUT2D eigenvalue weighted by Crippen LogP contribution is -2.14. The summed E-state index contributed by atoms with van der Waals surface area (Å²) in [5, 5.41) is 10.1. The summed E-state index contributed by atoms with van der Waals surface area (Å²) in [6.07, 6.45) is -0.516. The van der Waals surface area contributed by atoms with Crippen molar-refractivity contribution in [2.75, 3.05) is 0 Å². The number of hydrogen-bond donors (Lipinski definition) is 1. The van der Waals surface area contributed by atoms with Crippen molar-refractivity contribution in [3.05, 3.63) is 21.9 Å². The zero-order chi connectivity index (χ0) is 10.1. The fourth-order valence-electron chi connectivity index (χ4n) is 0.997. The second-order valence-electron chi connectivity index (χ2n) is 2.83. The van der Waals surface area contributed by atoms with Crippen molar-refractivity contribution in [2.24, 2.45) is 0 Å². The van der Waals surface area contributed by atoms with Gasteiger partial charge in [-0.25, -0.2) is 13.6 Å². The normalized spacial score (nSPS) is 11.6. The van der Waals surface area contributed by atoms with Gasteiger partial charge in [-0.15, -0.1) is 11.3 Å². The largest absolute Gasteiger partial charge is 0.477 e. The molecule has 0 unspecified atom stereocenters. The molecule has 72 valence electrons. The van der Waals surface area contributed by atoms with Gasteiger partial charge >= 0.3 is 5.97 Å². The predicted octanol–water partition coefficient (Wildman–Crippen LogP) is 2.64. The van der Waals surface area contributed by atoms with Crippen LogP contribution in [-0.4, -0.2) is 17.0 Å². The molecule has 0 fully saturated rings. The fourth-order valence-corrected chi connectivity index (χ4v) is 1.76. The molecule has 0 amide bonds. The Hall–Kier alpha value is -0.970. The predicted molar refractivity (Wildman–Crippen MR) is 45.6 cm³/mol. The van der Waals surface area contributed by atoms with E-state index in [1.807, 2.05) is 0 Å². The number of thiophene rings is 1. The molecular weight excluding hydrogens is 198 g/mol. The molecule has 0 aliphatic heterocycles. The highest BCUT2D eigenvalue weighted by Gasteiger charge is 2.25. The molecule has 0 aliphatic carbocycles. The number of alkyl halides is 2. The molecule has 0 saturated heterocycles. The van der Waals surface area contributed by atoms with E-state index in [1.165, 1.54) is 11.4 Å². The van der Waals surface area contributed by atoms with Gasteiger partial charge in [0.15, 0.2) is 0 Å². The topological polar surface area (TPSA) is 37.3 Å². The van der Waals surface area contributed by atoms with Gasteiger partial charge in [-0.2, -0.15) is 0 Å². The van der Waals surface area contributed by atoms with E-state index in [0.29, 0.717) is 0 Å². The quantitative estimate of drug-likeness (QED) is 0.825. The molecular formula is C8H8F2O2S. The Balaban J connectivity index is 2.89. The van der Waals surface area contributed by atoms with Crippen LogP contribution in [0, 0.1) is 0 Å². The minimum atomic E-state index is -2.86. The Kier molecular flexibility index (Phi) is 2.66. The zero-order valence-corrected chi connectivity index (χ0v) is 7.70. The van der Waals surface area contributed by atoms with Gasteiger partial charge in [0.05, 0.1) is 0 Å². The molecule has 0 saturated carbocycles. The number of carboxylic acid groups (broad SMARTS) is 1. The third-order valence-corrected chi connectivity index (χ3v) is 2.39. The highest BCUT2D eigenvalue weighted by molar-refractivity contribution is 7.12. The van der Waals surface area contributed by atoms with Crippen LogP contribution in [0.1, 0.15) is 22.2 Å². The van der Waals surface area contributed by atoms with Crippen LogP contribution >= 0.6 is 11.3 Å². The molecule has 1 aromatic heterocycles. The van der Waals surface area contributed by atoms with Crippen molar-refractivity contribution >= 4 is 17.3 Å². The van der Waals surface area contributed by atoms with Gasteiger partial charge in [0, 0.05) is 6.42 Å². The Morgan fingerprint density at radius 1 is 1.69 bits per heavy atom. The monoisotopic (exact) mass is 206 g/mol. The van der Waals surface area contributed by atoms with E-state index in [-0.39, 0.29) is 10.4 Å². The number of carbonyl (C=O) groups is 1. The van der Waals surface area contributed by atoms with Crippen LogP contribution in [0.25, 0.3) is 0 Å². The molecule has 0 radical (unpaired) electrons. The summed E-state index contributed by atoms with van der Waals surface area (Å²) in [4.78, 5) is 10.5. The lowest BCUT2D eigenvalue weighted by Gasteiger charge is -2.08. The lowest BCUT2D eigenvalue weighted by molar-refractivity contribution is 0.0225. The maximum atomic E-state index is 12.5. The highest BCUT2D eigenvalue weighted by atomic mass is 32.1. The van der Waals surface area contributed by atoms with Crippen LogP contribution in [0.3, 0.4) is 0 Å². The summed E-state index contributed by atoms with van der Waals surface area (Å²) >= 11 is 0.965. The minimum Gasteiger partial charge on any atom is -0.477 e. The number of hydrogen-bond acceptors (Lipinski definition) is 2. The summed E-state index contributed by atoms with van der Waals surface area (Å²) in [7, 11) is 0. The van der Waals surface area contributed by atoms with Gasteiger partial charge in [-0.1, -0.05) is 0 Å². The second-order valence-corrected chi connectivity index (χ2v) is 3.74. The Labute approximate surface area is 77.8 Å². The number of carboxylic acids is 1. The van der Waals surface area contributed by atoms with Crippen LogP contribution in [0.4, 0.5) is 8.78 Å². The van der Waals surface area contributed by atoms with Crippen LogP contribution in [0.2, 0.25) is 0 Å². The van der Waals surface area contributed by atoms with Crippen LogP contribution in [0.5, 0.6) is 0 Å². The van der Waals surface area contributed by atoms with Crippen molar-refractivity contribution in [1.29, 1.82) is 0 Å². The average molecular weight is 206 g/mol. The SMILES string of the molecule is CC(F)(F)Cc1ccsc1C(=O)O. The summed E-state index contributed by atoms with van der Waals surface area (Å²) in [5.41, 5.74) is 0.199. The molecule has 1 aromatic rings. The smallest absolute Gasteiger partial charge is 0.346 e. The average Bonchev–Trinajstić information content (AvgIpc) is 2.31. The van der Waals surface area contributed by atoms with Gasteiger partial charge in [0.25, 0.3) is 0 Å². The molecule has 5 heteroatoms. The van der Waals surface area contributed by atoms with E-state index in [1.54, 1.807) is 0 Å². The van der Waals surface area contributed by atoms with Gasteiger partial charge < -0.3 is 5.11 Å². The van der Waals surface area contributed by atoms with Crippen molar-refractivity contribution < 1.29 is 18.7 Å². The first-order valence-electron chi connectivity index (χ1n) is 3.57. The number of aromatic carboxylic acids is 1. The molecule has 13 heavy (non-hydrogen) atoms. The Morgan fingerprint density at radius 3 is 2.77 bits per heavy atom. The first-order valence-corrected chi connectivity index (χ1v) is 4.45. The van der Waals surface area contributed by atoms with E-state index in [9.17, 15) is 13.6 Å². The van der Waals surface area contributed by atoms with Gasteiger partial charge in [0.2, 0.25) is 5.92 Å². The number of halogens is 2. The summed E-state index contributed by atoms with van der Waals surface area (Å²) < 4.78 is 25.1. The van der Waals surface area contributed by atoms with Gasteiger partial charge in [0.1, 0.15) is 4.88 Å². The maximum absolute atomic E-state index is 12.5. The van der Waals surface area contributed by atoms with E-state index >= 15 is 0 Å². The van der Waals surface area contributed by atoms with E-state index in [4.69, 9.17) is 5.11 Å². The molecule has 0 atom stereocenters. The molecule has 0 spiro atoms. The standard InChI is InChI=1S/C8H8F2O2S/c1-8(9,10)4-5-2-3-13-6(5)7(11)12/h2-3H,4H2,1H3,(H,11,12). The summed E-state index contributed by atoms with van der Waals surface area (Å²) in [6, 6.07) is 1.42. The third kappa shape index (κ3) is 2.77. The highest BCUT2D eigenvalue weighted by Crippen LogP contribution is 2.24. The first kappa shape index (κ1) is 10.1. The maximum Gasteiger partial charge on any atom is 0.346 e.